The van der Waals surface area contributed by atoms with Gasteiger partial charge in [-0.05, 0) is 51.3 Å². The van der Waals surface area contributed by atoms with Crippen molar-refractivity contribution in [2.24, 2.45) is 0 Å². The highest BCUT2D eigenvalue weighted by Crippen LogP contribution is 2.40. The number of methoxy groups -OCH3 is 1. The van der Waals surface area contributed by atoms with E-state index in [1.807, 2.05) is 32.0 Å². The second-order valence-electron chi connectivity index (χ2n) is 6.31. The molecule has 1 aliphatic carbocycles. The van der Waals surface area contributed by atoms with Crippen LogP contribution in [0.5, 0.6) is 5.75 Å². The van der Waals surface area contributed by atoms with Crippen LogP contribution in [0.1, 0.15) is 44.0 Å². The Labute approximate surface area is 152 Å². The number of carbonyl (C=O) groups excluding carboxylic acids is 1. The van der Waals surface area contributed by atoms with Gasteiger partial charge in [0, 0.05) is 12.5 Å². The number of nitrogens with one attached hydrogen (secondary N) is 1. The van der Waals surface area contributed by atoms with E-state index < -0.39 is 0 Å². The van der Waals surface area contributed by atoms with E-state index in [0.29, 0.717) is 17.4 Å². The summed E-state index contributed by atoms with van der Waals surface area (Å²) < 4.78 is 7.45. The first-order valence-corrected chi connectivity index (χ1v) is 9.46. The molecule has 0 bridgehead atoms. The third-order valence-corrected chi connectivity index (χ3v) is 5.35. The van der Waals surface area contributed by atoms with Crippen molar-refractivity contribution in [1.82, 2.24) is 14.8 Å². The van der Waals surface area contributed by atoms with E-state index in [2.05, 4.69) is 27.0 Å². The first-order chi connectivity index (χ1) is 12.0. The number of ether oxygens (including phenoxy) is 1. The number of hydrogen-bond acceptors (Lipinski definition) is 5. The van der Waals surface area contributed by atoms with Crippen molar-refractivity contribution < 1.29 is 9.53 Å². The van der Waals surface area contributed by atoms with Crippen LogP contribution in [0.4, 0.5) is 5.69 Å². The Morgan fingerprint density at radius 2 is 2.20 bits per heavy atom. The molecule has 0 radical (unpaired) electrons. The Balaban J connectivity index is 1.70. The van der Waals surface area contributed by atoms with Crippen molar-refractivity contribution in [3.63, 3.8) is 0 Å². The first kappa shape index (κ1) is 17.8. The van der Waals surface area contributed by atoms with Crippen molar-refractivity contribution in [1.29, 1.82) is 0 Å². The fourth-order valence-corrected chi connectivity index (χ4v) is 3.61. The number of benzene rings is 1. The van der Waals surface area contributed by atoms with Gasteiger partial charge < -0.3 is 14.6 Å². The average Bonchev–Trinajstić information content (AvgIpc) is 3.36. The number of amides is 1. The zero-order chi connectivity index (χ0) is 18.0. The van der Waals surface area contributed by atoms with Gasteiger partial charge in [0.1, 0.15) is 11.6 Å². The summed E-state index contributed by atoms with van der Waals surface area (Å²) in [5, 5.41) is 12.1. The van der Waals surface area contributed by atoms with E-state index in [4.69, 9.17) is 4.74 Å². The number of thioether (sulfide) groups is 1. The lowest BCUT2D eigenvalue weighted by Gasteiger charge is -2.15. The van der Waals surface area contributed by atoms with Crippen LogP contribution >= 0.6 is 11.8 Å². The topological polar surface area (TPSA) is 69.0 Å². The van der Waals surface area contributed by atoms with Crippen LogP contribution in [0.25, 0.3) is 0 Å². The number of aromatic nitrogens is 3. The second kappa shape index (κ2) is 7.47. The molecule has 1 aromatic carbocycles. The minimum Gasteiger partial charge on any atom is -0.495 e. The number of anilines is 1. The minimum absolute atomic E-state index is 0.0764. The predicted molar refractivity (Wildman–Crippen MR) is 99.4 cm³/mol. The van der Waals surface area contributed by atoms with E-state index in [1.54, 1.807) is 7.11 Å². The van der Waals surface area contributed by atoms with Gasteiger partial charge in [-0.15, -0.1) is 10.2 Å². The summed E-state index contributed by atoms with van der Waals surface area (Å²) in [4.78, 5) is 12.6. The summed E-state index contributed by atoms with van der Waals surface area (Å²) >= 11 is 1.44. The predicted octanol–water partition coefficient (Wildman–Crippen LogP) is 3.61. The van der Waals surface area contributed by atoms with Crippen LogP contribution in [-0.4, -0.2) is 33.0 Å². The zero-order valence-electron chi connectivity index (χ0n) is 15.1. The number of carbonyl (C=O) groups is 1. The largest absolute Gasteiger partial charge is 0.495 e. The smallest absolute Gasteiger partial charge is 0.237 e. The highest BCUT2D eigenvalue weighted by molar-refractivity contribution is 8.00. The SMILES string of the molecule is CCn1c(SC(C)C(=O)Nc2cc(C)ccc2OC)nnc1C1CC1. The van der Waals surface area contributed by atoms with Gasteiger partial charge in [0.25, 0.3) is 0 Å². The zero-order valence-corrected chi connectivity index (χ0v) is 15.9. The number of aryl methyl sites for hydroxylation is 1. The maximum Gasteiger partial charge on any atom is 0.237 e. The van der Waals surface area contributed by atoms with Crippen LogP contribution in [0, 0.1) is 6.92 Å². The molecule has 0 aliphatic heterocycles. The van der Waals surface area contributed by atoms with Crippen LogP contribution in [0.2, 0.25) is 0 Å². The monoisotopic (exact) mass is 360 g/mol. The molecule has 6 nitrogen and oxygen atoms in total. The molecule has 0 saturated heterocycles. The normalized spacial score (nSPS) is 15.0. The van der Waals surface area contributed by atoms with Crippen molar-refractivity contribution >= 4 is 23.4 Å². The van der Waals surface area contributed by atoms with E-state index >= 15 is 0 Å². The number of hydrogen-bond donors (Lipinski definition) is 1. The minimum atomic E-state index is -0.285. The maximum atomic E-state index is 12.6. The Kier molecular flexibility index (Phi) is 5.32. The third-order valence-electron chi connectivity index (χ3n) is 4.27. The lowest BCUT2D eigenvalue weighted by Crippen LogP contribution is -2.23. The lowest BCUT2D eigenvalue weighted by molar-refractivity contribution is -0.115. The fourth-order valence-electron chi connectivity index (χ4n) is 2.69. The van der Waals surface area contributed by atoms with E-state index in [9.17, 15) is 4.79 Å². The molecule has 25 heavy (non-hydrogen) atoms. The molecule has 1 atom stereocenters. The molecule has 2 aromatic rings. The van der Waals surface area contributed by atoms with Gasteiger partial charge in [0.15, 0.2) is 5.16 Å². The van der Waals surface area contributed by atoms with Gasteiger partial charge >= 0.3 is 0 Å². The summed E-state index contributed by atoms with van der Waals surface area (Å²) in [6.07, 6.45) is 2.37. The molecular formula is C18H24N4O2S. The van der Waals surface area contributed by atoms with Gasteiger partial charge in [-0.25, -0.2) is 0 Å². The molecule has 1 fully saturated rings. The van der Waals surface area contributed by atoms with Crippen LogP contribution < -0.4 is 10.1 Å². The van der Waals surface area contributed by atoms with Crippen molar-refractivity contribution in [3.8, 4) is 5.75 Å². The summed E-state index contributed by atoms with van der Waals surface area (Å²) in [5.74, 6) is 2.18. The van der Waals surface area contributed by atoms with Gasteiger partial charge in [0.05, 0.1) is 18.0 Å². The Morgan fingerprint density at radius 1 is 1.44 bits per heavy atom. The summed E-state index contributed by atoms with van der Waals surface area (Å²) in [5.41, 5.74) is 1.76. The third kappa shape index (κ3) is 3.98. The standard InChI is InChI=1S/C18H24N4O2S/c1-5-22-16(13-7-8-13)20-21-18(22)25-12(3)17(23)19-14-10-11(2)6-9-15(14)24-4/h6,9-10,12-13H,5,7-8H2,1-4H3,(H,19,23). The molecule has 1 unspecified atom stereocenters. The molecule has 1 aliphatic rings. The fraction of sp³-hybridized carbons (Fsp3) is 0.500. The molecule has 1 amide bonds. The molecule has 0 spiro atoms. The van der Waals surface area contributed by atoms with E-state index in [1.165, 1.54) is 24.6 Å². The summed E-state index contributed by atoms with van der Waals surface area (Å²) in [6, 6.07) is 5.72. The molecule has 1 N–H and O–H groups in total. The second-order valence-corrected chi connectivity index (χ2v) is 7.62. The van der Waals surface area contributed by atoms with Crippen molar-refractivity contribution in [2.75, 3.05) is 12.4 Å². The Morgan fingerprint density at radius 3 is 2.84 bits per heavy atom. The van der Waals surface area contributed by atoms with E-state index in [-0.39, 0.29) is 11.2 Å². The highest BCUT2D eigenvalue weighted by atomic mass is 32.2. The first-order valence-electron chi connectivity index (χ1n) is 8.58. The quantitative estimate of drug-likeness (QED) is 0.764. The van der Waals surface area contributed by atoms with Crippen LogP contribution in [0.3, 0.4) is 0 Å². The molecular weight excluding hydrogens is 336 g/mol. The van der Waals surface area contributed by atoms with Crippen molar-refractivity contribution in [3.05, 3.63) is 29.6 Å². The van der Waals surface area contributed by atoms with Gasteiger partial charge in [-0.3, -0.25) is 4.79 Å². The highest BCUT2D eigenvalue weighted by Gasteiger charge is 2.30. The van der Waals surface area contributed by atoms with Gasteiger partial charge in [-0.2, -0.15) is 0 Å². The van der Waals surface area contributed by atoms with Crippen molar-refractivity contribution in [2.45, 2.75) is 56.5 Å². The van der Waals surface area contributed by atoms with Crippen LogP contribution in [0.15, 0.2) is 23.4 Å². The van der Waals surface area contributed by atoms with Gasteiger partial charge in [0.2, 0.25) is 5.91 Å². The molecule has 7 heteroatoms. The Hall–Kier alpha value is -2.02. The molecule has 1 aromatic heterocycles. The lowest BCUT2D eigenvalue weighted by atomic mass is 10.2. The number of nitrogens with zero attached hydrogens (tertiary/aromatic N) is 3. The van der Waals surface area contributed by atoms with Gasteiger partial charge in [-0.1, -0.05) is 17.8 Å². The molecule has 3 rings (SSSR count). The Bertz CT molecular complexity index is 770. The number of rotatable bonds is 7. The summed E-state index contributed by atoms with van der Waals surface area (Å²) in [6.45, 7) is 6.77. The average molecular weight is 360 g/mol. The maximum absolute atomic E-state index is 12.6. The molecule has 1 heterocycles. The van der Waals surface area contributed by atoms with E-state index in [0.717, 1.165) is 23.1 Å². The van der Waals surface area contributed by atoms with Crippen LogP contribution in [-0.2, 0) is 11.3 Å². The summed E-state index contributed by atoms with van der Waals surface area (Å²) in [7, 11) is 1.60. The molecule has 134 valence electrons. The molecule has 1 saturated carbocycles.